The Hall–Kier alpha value is 0.640. The Bertz CT molecular complexity index is 289. The van der Waals surface area contributed by atoms with Gasteiger partial charge in [0.05, 0.1) is 0 Å². The maximum atomic E-state index is 11.6. The highest BCUT2D eigenvalue weighted by molar-refractivity contribution is 14.1. The van der Waals surface area contributed by atoms with Gasteiger partial charge in [0.1, 0.15) is 5.60 Å². The average Bonchev–Trinajstić information content (AvgIpc) is 1.83. The highest BCUT2D eigenvalue weighted by Gasteiger charge is 2.20. The molecule has 0 unspecified atom stereocenters. The molecular weight excluding hydrogens is 378 g/mol. The van der Waals surface area contributed by atoms with Crippen molar-refractivity contribution in [1.29, 1.82) is 0 Å². The monoisotopic (exact) mass is 387 g/mol. The van der Waals surface area contributed by atoms with Gasteiger partial charge in [0.2, 0.25) is 0 Å². The van der Waals surface area contributed by atoms with E-state index in [4.69, 9.17) is 0 Å². The maximum Gasteiger partial charge on any atom is 0.124 e. The molecule has 0 heterocycles. The molecule has 0 spiro atoms. The van der Waals surface area contributed by atoms with Crippen molar-refractivity contribution >= 4 is 45.2 Å². The molecule has 0 N–H and O–H groups in total. The molecule has 0 aliphatic carbocycles. The van der Waals surface area contributed by atoms with Gasteiger partial charge in [0, 0.05) is 7.14 Å². The second-order valence-corrected chi connectivity index (χ2v) is 5.54. The molecule has 0 saturated carbocycles. The largest absolute Gasteiger partial charge is 0.225 e. The maximum absolute atomic E-state index is 11.6. The molecule has 0 aliphatic heterocycles. The van der Waals surface area contributed by atoms with Gasteiger partial charge < -0.3 is 0 Å². The number of halogens is 2. The fourth-order valence-corrected chi connectivity index (χ4v) is 3.23. The third-order valence-electron chi connectivity index (χ3n) is 1.58. The predicted octanol–water partition coefficient (Wildman–Crippen LogP) is 3.56. The number of hydrogen-bond acceptors (Lipinski definition) is 0. The molecule has 0 atom stereocenters. The molecular formula is C9H9I2O. The molecule has 3 heteroatoms. The summed E-state index contributed by atoms with van der Waals surface area (Å²) in [7, 11) is 0. The van der Waals surface area contributed by atoms with E-state index in [1.807, 2.05) is 18.2 Å². The normalized spacial score (nSPS) is 11.8. The lowest BCUT2D eigenvalue weighted by Crippen LogP contribution is -2.15. The number of rotatable bonds is 1. The summed E-state index contributed by atoms with van der Waals surface area (Å²) in [5.74, 6) is 0. The summed E-state index contributed by atoms with van der Waals surface area (Å²) in [6.07, 6.45) is 0. The number of benzene rings is 1. The zero-order valence-corrected chi connectivity index (χ0v) is 11.2. The summed E-state index contributed by atoms with van der Waals surface area (Å²) in [5.41, 5.74) is -0.107. The summed E-state index contributed by atoms with van der Waals surface area (Å²) in [6, 6.07) is 5.91. The lowest BCUT2D eigenvalue weighted by Gasteiger charge is -2.16. The van der Waals surface area contributed by atoms with Crippen LogP contribution in [0.4, 0.5) is 0 Å². The molecule has 0 saturated heterocycles. The van der Waals surface area contributed by atoms with Gasteiger partial charge in [-0.1, -0.05) is 6.07 Å². The van der Waals surface area contributed by atoms with Crippen molar-refractivity contribution in [2.45, 2.75) is 19.4 Å². The Morgan fingerprint density at radius 2 is 1.83 bits per heavy atom. The molecule has 1 aromatic rings. The van der Waals surface area contributed by atoms with E-state index < -0.39 is 5.60 Å². The fourth-order valence-electron chi connectivity index (χ4n) is 0.978. The van der Waals surface area contributed by atoms with Crippen LogP contribution in [0.25, 0.3) is 0 Å². The molecule has 0 fully saturated rings. The average molecular weight is 387 g/mol. The molecule has 65 valence electrons. The minimum atomic E-state index is -0.985. The Morgan fingerprint density at radius 1 is 1.25 bits per heavy atom. The molecule has 0 aliphatic rings. The first-order valence-corrected chi connectivity index (χ1v) is 5.73. The summed E-state index contributed by atoms with van der Waals surface area (Å²) in [6.45, 7) is 3.38. The molecule has 0 bridgehead atoms. The molecule has 0 aromatic heterocycles. The van der Waals surface area contributed by atoms with E-state index in [9.17, 15) is 5.11 Å². The fraction of sp³-hybridized carbons (Fsp3) is 0.333. The van der Waals surface area contributed by atoms with E-state index in [2.05, 4.69) is 45.2 Å². The van der Waals surface area contributed by atoms with Crippen molar-refractivity contribution in [1.82, 2.24) is 0 Å². The van der Waals surface area contributed by atoms with Crippen LogP contribution in [0.1, 0.15) is 19.4 Å². The van der Waals surface area contributed by atoms with Crippen LogP contribution in [0, 0.1) is 7.14 Å². The van der Waals surface area contributed by atoms with Gasteiger partial charge in [0.25, 0.3) is 0 Å². The van der Waals surface area contributed by atoms with Crippen LogP contribution in [-0.4, -0.2) is 0 Å². The Labute approximate surface area is 99.8 Å². The lowest BCUT2D eigenvalue weighted by atomic mass is 9.99. The lowest BCUT2D eigenvalue weighted by molar-refractivity contribution is -0.000827. The predicted molar refractivity (Wildman–Crippen MR) is 65.6 cm³/mol. The minimum Gasteiger partial charge on any atom is -0.225 e. The molecule has 1 aromatic carbocycles. The smallest absolute Gasteiger partial charge is 0.124 e. The Balaban J connectivity index is 3.19. The first-order valence-electron chi connectivity index (χ1n) is 3.57. The van der Waals surface area contributed by atoms with Crippen molar-refractivity contribution in [3.8, 4) is 0 Å². The van der Waals surface area contributed by atoms with Crippen LogP contribution in [0.5, 0.6) is 0 Å². The van der Waals surface area contributed by atoms with Gasteiger partial charge in [-0.2, -0.15) is 0 Å². The van der Waals surface area contributed by atoms with E-state index in [0.717, 1.165) is 9.13 Å². The highest BCUT2D eigenvalue weighted by Crippen LogP contribution is 2.26. The first-order chi connectivity index (χ1) is 5.41. The summed E-state index contributed by atoms with van der Waals surface area (Å²) >= 11 is 4.45. The second-order valence-electron chi connectivity index (χ2n) is 3.13. The SMILES string of the molecule is CC(C)([O])c1ccc(I)cc1I. The molecule has 1 nitrogen and oxygen atoms in total. The summed E-state index contributed by atoms with van der Waals surface area (Å²) < 4.78 is 2.23. The second kappa shape index (κ2) is 3.79. The topological polar surface area (TPSA) is 19.9 Å². The van der Waals surface area contributed by atoms with Crippen LogP contribution in [0.3, 0.4) is 0 Å². The van der Waals surface area contributed by atoms with Gasteiger partial charge in [-0.05, 0) is 76.7 Å². The van der Waals surface area contributed by atoms with Crippen molar-refractivity contribution in [3.05, 3.63) is 30.9 Å². The van der Waals surface area contributed by atoms with E-state index >= 15 is 0 Å². The standard InChI is InChI=1S/C9H9I2O/c1-9(2,12)7-4-3-6(10)5-8(7)11/h3-5H,1-2H3. The first kappa shape index (κ1) is 10.7. The van der Waals surface area contributed by atoms with Gasteiger partial charge >= 0.3 is 0 Å². The van der Waals surface area contributed by atoms with Crippen molar-refractivity contribution in [2.75, 3.05) is 0 Å². The third kappa shape index (κ3) is 2.56. The van der Waals surface area contributed by atoms with E-state index in [-0.39, 0.29) is 0 Å². The Morgan fingerprint density at radius 3 is 2.25 bits per heavy atom. The highest BCUT2D eigenvalue weighted by atomic mass is 127. The van der Waals surface area contributed by atoms with Crippen LogP contribution in [-0.2, 0) is 10.7 Å². The van der Waals surface area contributed by atoms with Crippen molar-refractivity contribution in [2.24, 2.45) is 0 Å². The molecule has 1 radical (unpaired) electrons. The zero-order valence-electron chi connectivity index (χ0n) is 6.90. The van der Waals surface area contributed by atoms with Gasteiger partial charge in [-0.3, -0.25) is 0 Å². The van der Waals surface area contributed by atoms with Gasteiger partial charge in [-0.25, -0.2) is 5.11 Å². The van der Waals surface area contributed by atoms with Crippen LogP contribution >= 0.6 is 45.2 Å². The van der Waals surface area contributed by atoms with E-state index in [1.165, 1.54) is 3.57 Å². The van der Waals surface area contributed by atoms with E-state index in [1.54, 1.807) is 13.8 Å². The summed E-state index contributed by atoms with van der Waals surface area (Å²) in [4.78, 5) is 0. The zero-order chi connectivity index (χ0) is 9.35. The Kier molecular flexibility index (Phi) is 3.39. The molecule has 1 rings (SSSR count). The van der Waals surface area contributed by atoms with Gasteiger partial charge in [0.15, 0.2) is 0 Å². The minimum absolute atomic E-state index is 0.878. The van der Waals surface area contributed by atoms with Crippen LogP contribution < -0.4 is 0 Å². The molecule has 0 amide bonds. The van der Waals surface area contributed by atoms with Gasteiger partial charge in [-0.15, -0.1) is 0 Å². The van der Waals surface area contributed by atoms with Crippen molar-refractivity contribution in [3.63, 3.8) is 0 Å². The van der Waals surface area contributed by atoms with E-state index in [0.29, 0.717) is 0 Å². The number of hydrogen-bond donors (Lipinski definition) is 0. The molecule has 12 heavy (non-hydrogen) atoms. The van der Waals surface area contributed by atoms with Crippen LogP contribution in [0.2, 0.25) is 0 Å². The van der Waals surface area contributed by atoms with Crippen molar-refractivity contribution < 1.29 is 5.11 Å². The van der Waals surface area contributed by atoms with Crippen LogP contribution in [0.15, 0.2) is 18.2 Å². The quantitative estimate of drug-likeness (QED) is 0.658. The third-order valence-corrected chi connectivity index (χ3v) is 3.14. The summed E-state index contributed by atoms with van der Waals surface area (Å²) in [5, 5.41) is 11.6.